The second kappa shape index (κ2) is 15.3. The molecule has 0 aliphatic rings. The zero-order chi connectivity index (χ0) is 30.6. The summed E-state index contributed by atoms with van der Waals surface area (Å²) in [4.78, 5) is 24.7. The number of hydrogen-bond donors (Lipinski definition) is 3. The molecule has 4 aromatic rings. The SMILES string of the molecule is CCCc1cc(C(=O)c2ccc(-c3ccccc3)cc2)ccc1OCCOc1ccc(NC(OCC)C(=O)O)c(C=N)c1. The minimum absolute atomic E-state index is 0.0391. The van der Waals surface area contributed by atoms with Crippen molar-refractivity contribution in [1.29, 1.82) is 5.41 Å². The molecular formula is C35H36N2O6. The Morgan fingerprint density at radius 1 is 0.860 bits per heavy atom. The lowest BCUT2D eigenvalue weighted by atomic mass is 9.97. The molecule has 0 fully saturated rings. The molecule has 3 N–H and O–H groups in total. The van der Waals surface area contributed by atoms with Crippen molar-refractivity contribution in [2.75, 3.05) is 25.1 Å². The third kappa shape index (κ3) is 8.30. The van der Waals surface area contributed by atoms with Crippen LogP contribution in [0.15, 0.2) is 91.0 Å². The zero-order valence-corrected chi connectivity index (χ0v) is 24.3. The first-order valence-electron chi connectivity index (χ1n) is 14.3. The maximum atomic E-state index is 13.3. The van der Waals surface area contributed by atoms with E-state index in [-0.39, 0.29) is 25.6 Å². The monoisotopic (exact) mass is 580 g/mol. The Labute approximate surface area is 251 Å². The van der Waals surface area contributed by atoms with Crippen LogP contribution in [-0.4, -0.2) is 49.1 Å². The van der Waals surface area contributed by atoms with Gasteiger partial charge in [0.15, 0.2) is 5.78 Å². The van der Waals surface area contributed by atoms with Crippen LogP contribution in [0.4, 0.5) is 5.69 Å². The average molecular weight is 581 g/mol. The molecule has 1 unspecified atom stereocenters. The number of carbonyl (C=O) groups is 2. The molecule has 0 spiro atoms. The fourth-order valence-corrected chi connectivity index (χ4v) is 4.61. The number of ether oxygens (including phenoxy) is 3. The Hall–Kier alpha value is -4.95. The van der Waals surface area contributed by atoms with Crippen molar-refractivity contribution >= 4 is 23.7 Å². The summed E-state index contributed by atoms with van der Waals surface area (Å²) >= 11 is 0. The molecule has 4 aromatic carbocycles. The lowest BCUT2D eigenvalue weighted by molar-refractivity contribution is -0.148. The Kier molecular flexibility index (Phi) is 11.0. The van der Waals surface area contributed by atoms with Crippen molar-refractivity contribution in [3.63, 3.8) is 0 Å². The Morgan fingerprint density at radius 3 is 2.23 bits per heavy atom. The molecule has 0 heterocycles. The first-order chi connectivity index (χ1) is 20.9. The summed E-state index contributed by atoms with van der Waals surface area (Å²) < 4.78 is 17.1. The van der Waals surface area contributed by atoms with Gasteiger partial charge in [0.1, 0.15) is 24.7 Å². The number of ketones is 1. The molecule has 8 heteroatoms. The van der Waals surface area contributed by atoms with Gasteiger partial charge in [0, 0.05) is 35.2 Å². The lowest BCUT2D eigenvalue weighted by Gasteiger charge is -2.18. The van der Waals surface area contributed by atoms with Crippen molar-refractivity contribution in [2.45, 2.75) is 32.9 Å². The van der Waals surface area contributed by atoms with Crippen LogP contribution in [0.3, 0.4) is 0 Å². The van der Waals surface area contributed by atoms with E-state index in [9.17, 15) is 14.7 Å². The van der Waals surface area contributed by atoms with Crippen molar-refractivity contribution < 1.29 is 28.9 Å². The van der Waals surface area contributed by atoms with E-state index in [2.05, 4.69) is 12.2 Å². The zero-order valence-electron chi connectivity index (χ0n) is 24.3. The summed E-state index contributed by atoms with van der Waals surface area (Å²) in [7, 11) is 0. The van der Waals surface area contributed by atoms with E-state index in [1.807, 2.05) is 66.7 Å². The van der Waals surface area contributed by atoms with Gasteiger partial charge in [-0.25, -0.2) is 4.79 Å². The van der Waals surface area contributed by atoms with Gasteiger partial charge in [0.25, 0.3) is 0 Å². The Morgan fingerprint density at radius 2 is 1.56 bits per heavy atom. The highest BCUT2D eigenvalue weighted by Crippen LogP contribution is 2.26. The standard InChI is InChI=1S/C35H36N2O6/c1-3-8-27-21-28(33(38)26-13-11-25(12-14-26)24-9-6-5-7-10-24)15-18-32(27)43-20-19-42-30-16-17-31(29(22-30)23-36)37-34(35(39)40)41-4-2/h5-7,9-18,21-23,34,36-37H,3-4,8,19-20H2,1-2H3,(H,39,40). The maximum Gasteiger partial charge on any atom is 0.353 e. The van der Waals surface area contributed by atoms with Crippen molar-refractivity contribution in [2.24, 2.45) is 0 Å². The molecule has 1 atom stereocenters. The molecule has 4 rings (SSSR count). The van der Waals surface area contributed by atoms with Gasteiger partial charge in [-0.15, -0.1) is 0 Å². The normalized spacial score (nSPS) is 11.4. The summed E-state index contributed by atoms with van der Waals surface area (Å²) in [5.41, 5.74) is 5.28. The van der Waals surface area contributed by atoms with Crippen LogP contribution in [0.25, 0.3) is 11.1 Å². The van der Waals surface area contributed by atoms with E-state index in [0.717, 1.165) is 35.7 Å². The molecule has 0 bridgehead atoms. The quantitative estimate of drug-likeness (QED) is 0.0574. The first kappa shape index (κ1) is 31.0. The number of benzene rings is 4. The minimum Gasteiger partial charge on any atom is -0.490 e. The highest BCUT2D eigenvalue weighted by molar-refractivity contribution is 6.09. The van der Waals surface area contributed by atoms with Crippen molar-refractivity contribution in [3.8, 4) is 22.6 Å². The lowest BCUT2D eigenvalue weighted by Crippen LogP contribution is -2.32. The van der Waals surface area contributed by atoms with Crippen LogP contribution in [0.5, 0.6) is 11.5 Å². The van der Waals surface area contributed by atoms with Crippen LogP contribution in [-0.2, 0) is 16.0 Å². The smallest absolute Gasteiger partial charge is 0.353 e. The van der Waals surface area contributed by atoms with E-state index in [1.54, 1.807) is 31.2 Å². The average Bonchev–Trinajstić information content (AvgIpc) is 3.04. The topological polar surface area (TPSA) is 118 Å². The number of hydrogen-bond acceptors (Lipinski definition) is 7. The minimum atomic E-state index is -1.22. The summed E-state index contributed by atoms with van der Waals surface area (Å²) in [6, 6.07) is 28.2. The van der Waals surface area contributed by atoms with Gasteiger partial charge in [-0.3, -0.25) is 4.79 Å². The van der Waals surface area contributed by atoms with Gasteiger partial charge in [-0.2, -0.15) is 0 Å². The van der Waals surface area contributed by atoms with Gasteiger partial charge in [-0.1, -0.05) is 67.9 Å². The van der Waals surface area contributed by atoms with E-state index < -0.39 is 12.2 Å². The van der Waals surface area contributed by atoms with Gasteiger partial charge in [0.05, 0.1) is 0 Å². The van der Waals surface area contributed by atoms with Crippen LogP contribution in [0.1, 0.15) is 47.3 Å². The van der Waals surface area contributed by atoms with Gasteiger partial charge >= 0.3 is 5.97 Å². The molecule has 0 radical (unpaired) electrons. The Balaban J connectivity index is 1.37. The highest BCUT2D eigenvalue weighted by atomic mass is 16.5. The van der Waals surface area contributed by atoms with Gasteiger partial charge in [0.2, 0.25) is 6.23 Å². The summed E-state index contributed by atoms with van der Waals surface area (Å²) in [6.45, 7) is 4.54. The summed E-state index contributed by atoms with van der Waals surface area (Å²) in [6.07, 6.45) is 1.56. The van der Waals surface area contributed by atoms with E-state index in [1.165, 1.54) is 0 Å². The number of rotatable bonds is 16. The van der Waals surface area contributed by atoms with E-state index >= 15 is 0 Å². The predicted molar refractivity (Wildman–Crippen MR) is 168 cm³/mol. The molecule has 0 saturated heterocycles. The predicted octanol–water partition coefficient (Wildman–Crippen LogP) is 6.85. The Bertz CT molecular complexity index is 1540. The molecule has 0 saturated carbocycles. The molecule has 0 aliphatic heterocycles. The number of aliphatic carboxylic acids is 1. The van der Waals surface area contributed by atoms with Crippen LogP contribution >= 0.6 is 0 Å². The van der Waals surface area contributed by atoms with Crippen molar-refractivity contribution in [3.05, 3.63) is 113 Å². The molecule has 0 aromatic heterocycles. The fourth-order valence-electron chi connectivity index (χ4n) is 4.61. The van der Waals surface area contributed by atoms with Crippen LogP contribution < -0.4 is 14.8 Å². The largest absolute Gasteiger partial charge is 0.490 e. The first-order valence-corrected chi connectivity index (χ1v) is 14.3. The highest BCUT2D eigenvalue weighted by Gasteiger charge is 2.18. The fraction of sp³-hybridized carbons (Fsp3) is 0.229. The molecular weight excluding hydrogens is 544 g/mol. The molecule has 8 nitrogen and oxygen atoms in total. The van der Waals surface area contributed by atoms with Gasteiger partial charge < -0.3 is 30.0 Å². The number of anilines is 1. The van der Waals surface area contributed by atoms with Crippen LogP contribution in [0.2, 0.25) is 0 Å². The number of nitrogens with one attached hydrogen (secondary N) is 2. The summed E-state index contributed by atoms with van der Waals surface area (Å²) in [5.74, 6) is 0.0380. The number of carboxylic acids is 1. The third-order valence-corrected chi connectivity index (χ3v) is 6.73. The number of carboxylic acid groups (broad SMARTS) is 1. The second-order valence-electron chi connectivity index (χ2n) is 9.75. The van der Waals surface area contributed by atoms with E-state index in [4.69, 9.17) is 19.6 Å². The second-order valence-corrected chi connectivity index (χ2v) is 9.75. The number of carbonyl (C=O) groups excluding carboxylic acids is 1. The number of aryl methyl sites for hydroxylation is 1. The molecule has 43 heavy (non-hydrogen) atoms. The van der Waals surface area contributed by atoms with Crippen molar-refractivity contribution in [1.82, 2.24) is 0 Å². The third-order valence-electron chi connectivity index (χ3n) is 6.73. The molecule has 222 valence electrons. The summed E-state index contributed by atoms with van der Waals surface area (Å²) in [5, 5.41) is 19.8. The van der Waals surface area contributed by atoms with Gasteiger partial charge in [-0.05, 0) is 66.4 Å². The molecule has 0 aliphatic carbocycles. The molecule has 0 amide bonds. The maximum absolute atomic E-state index is 13.3. The van der Waals surface area contributed by atoms with Crippen LogP contribution in [0, 0.1) is 5.41 Å². The van der Waals surface area contributed by atoms with E-state index in [0.29, 0.717) is 33.9 Å².